The van der Waals surface area contributed by atoms with Crippen molar-refractivity contribution in [1.29, 1.82) is 0 Å². The number of esters is 1. The molecular weight excluding hydrogens is 258 g/mol. The Bertz CT molecular complexity index is 575. The summed E-state index contributed by atoms with van der Waals surface area (Å²) < 4.78 is 17.0. The Kier molecular flexibility index (Phi) is 2.48. The third kappa shape index (κ3) is 1.56. The zero-order chi connectivity index (χ0) is 13.7. The Morgan fingerprint density at radius 1 is 1.15 bits per heavy atom. The van der Waals surface area contributed by atoms with Gasteiger partial charge in [0.15, 0.2) is 11.5 Å². The van der Waals surface area contributed by atoms with Gasteiger partial charge < -0.3 is 19.1 Å². The highest BCUT2D eigenvalue weighted by Crippen LogP contribution is 2.49. The van der Waals surface area contributed by atoms with Crippen molar-refractivity contribution in [2.75, 3.05) is 33.4 Å². The fourth-order valence-electron chi connectivity index (χ4n) is 3.33. The number of carbonyl (C=O) groups excluding carboxylic acids is 1. The van der Waals surface area contributed by atoms with E-state index in [-0.39, 0.29) is 5.97 Å². The molecule has 0 radical (unpaired) electrons. The number of fused-ring (bicyclic) bond motifs is 4. The van der Waals surface area contributed by atoms with E-state index in [1.807, 2.05) is 12.1 Å². The second-order valence-corrected chi connectivity index (χ2v) is 5.70. The quantitative estimate of drug-likeness (QED) is 0.672. The summed E-state index contributed by atoms with van der Waals surface area (Å²) in [6.07, 6.45) is 1.67. The van der Waals surface area contributed by atoms with Crippen molar-refractivity contribution in [2.45, 2.75) is 18.4 Å². The average Bonchev–Trinajstić information content (AvgIpc) is 2.75. The molecule has 20 heavy (non-hydrogen) atoms. The van der Waals surface area contributed by atoms with Crippen LogP contribution in [0, 0.1) is 0 Å². The van der Waals surface area contributed by atoms with Gasteiger partial charge in [0.1, 0.15) is 24.4 Å². The maximum absolute atomic E-state index is 12.3. The van der Waals surface area contributed by atoms with Crippen molar-refractivity contribution in [2.24, 2.45) is 0 Å². The summed E-state index contributed by atoms with van der Waals surface area (Å²) in [5, 5.41) is 0. The minimum atomic E-state index is -0.464. The standard InChI is InChI=1S/C15H17NO4/c1-16-6-4-15(5-7-16)10-2-3-11-13(19-9-8-18-11)12(10)14(17)20-15/h2-3H,4-9H2,1H3. The molecule has 1 spiro atoms. The van der Waals surface area contributed by atoms with Gasteiger partial charge in [-0.3, -0.25) is 0 Å². The van der Waals surface area contributed by atoms with Crippen LogP contribution in [0.4, 0.5) is 0 Å². The van der Waals surface area contributed by atoms with Gasteiger partial charge in [-0.05, 0) is 13.1 Å². The van der Waals surface area contributed by atoms with Crippen LogP contribution in [-0.4, -0.2) is 44.2 Å². The van der Waals surface area contributed by atoms with Gasteiger partial charge in [-0.15, -0.1) is 0 Å². The molecule has 0 amide bonds. The lowest BCUT2D eigenvalue weighted by molar-refractivity contribution is -0.0394. The molecule has 5 heteroatoms. The van der Waals surface area contributed by atoms with E-state index < -0.39 is 5.60 Å². The highest BCUT2D eigenvalue weighted by molar-refractivity contribution is 5.98. The predicted molar refractivity (Wildman–Crippen MR) is 71.3 cm³/mol. The van der Waals surface area contributed by atoms with Crippen LogP contribution in [0.3, 0.4) is 0 Å². The van der Waals surface area contributed by atoms with Crippen molar-refractivity contribution < 1.29 is 19.0 Å². The molecule has 0 aliphatic carbocycles. The van der Waals surface area contributed by atoms with E-state index in [9.17, 15) is 4.79 Å². The van der Waals surface area contributed by atoms with E-state index in [2.05, 4.69) is 11.9 Å². The van der Waals surface area contributed by atoms with Crippen LogP contribution in [0.2, 0.25) is 0 Å². The lowest BCUT2D eigenvalue weighted by atomic mass is 9.83. The van der Waals surface area contributed by atoms with E-state index in [0.717, 1.165) is 31.5 Å². The Balaban J connectivity index is 1.82. The van der Waals surface area contributed by atoms with Crippen LogP contribution in [0.25, 0.3) is 0 Å². The summed E-state index contributed by atoms with van der Waals surface area (Å²) in [5.41, 5.74) is 1.08. The van der Waals surface area contributed by atoms with E-state index in [4.69, 9.17) is 14.2 Å². The van der Waals surface area contributed by atoms with Gasteiger partial charge in [-0.1, -0.05) is 6.07 Å². The smallest absolute Gasteiger partial charge is 0.343 e. The van der Waals surface area contributed by atoms with Crippen molar-refractivity contribution in [3.05, 3.63) is 23.3 Å². The third-order valence-corrected chi connectivity index (χ3v) is 4.49. The molecule has 0 N–H and O–H groups in total. The summed E-state index contributed by atoms with van der Waals surface area (Å²) in [6, 6.07) is 3.87. The first-order valence-corrected chi connectivity index (χ1v) is 7.05. The van der Waals surface area contributed by atoms with E-state index in [1.54, 1.807) is 0 Å². The van der Waals surface area contributed by atoms with E-state index in [0.29, 0.717) is 30.3 Å². The lowest BCUT2D eigenvalue weighted by Crippen LogP contribution is -2.40. The number of carbonyl (C=O) groups is 1. The maximum atomic E-state index is 12.3. The van der Waals surface area contributed by atoms with Gasteiger partial charge in [0.2, 0.25) is 0 Å². The largest absolute Gasteiger partial charge is 0.486 e. The summed E-state index contributed by atoms with van der Waals surface area (Å²) in [5.74, 6) is 0.943. The molecule has 1 fully saturated rings. The van der Waals surface area contributed by atoms with Gasteiger partial charge in [0.05, 0.1) is 0 Å². The fourth-order valence-corrected chi connectivity index (χ4v) is 3.33. The summed E-state index contributed by atoms with van der Waals surface area (Å²) in [4.78, 5) is 14.6. The lowest BCUT2D eigenvalue weighted by Gasteiger charge is -2.37. The number of hydrogen-bond acceptors (Lipinski definition) is 5. The minimum Gasteiger partial charge on any atom is -0.486 e. The summed E-state index contributed by atoms with van der Waals surface area (Å²) >= 11 is 0. The van der Waals surface area contributed by atoms with Crippen LogP contribution in [0.1, 0.15) is 28.8 Å². The molecule has 0 bridgehead atoms. The Labute approximate surface area is 117 Å². The molecule has 4 rings (SSSR count). The number of nitrogens with zero attached hydrogens (tertiary/aromatic N) is 1. The Morgan fingerprint density at radius 3 is 2.70 bits per heavy atom. The number of rotatable bonds is 0. The first kappa shape index (κ1) is 12.0. The maximum Gasteiger partial charge on any atom is 0.343 e. The second-order valence-electron chi connectivity index (χ2n) is 5.70. The van der Waals surface area contributed by atoms with Crippen molar-refractivity contribution in [1.82, 2.24) is 4.90 Å². The van der Waals surface area contributed by atoms with Gasteiger partial charge >= 0.3 is 5.97 Å². The van der Waals surface area contributed by atoms with Crippen molar-refractivity contribution >= 4 is 5.97 Å². The second kappa shape index (κ2) is 4.12. The van der Waals surface area contributed by atoms with Crippen LogP contribution < -0.4 is 9.47 Å². The minimum absolute atomic E-state index is 0.271. The summed E-state index contributed by atoms with van der Waals surface area (Å²) in [6.45, 7) is 2.87. The summed E-state index contributed by atoms with van der Waals surface area (Å²) in [7, 11) is 2.09. The Morgan fingerprint density at radius 2 is 1.90 bits per heavy atom. The molecule has 3 heterocycles. The fraction of sp³-hybridized carbons (Fsp3) is 0.533. The highest BCUT2D eigenvalue weighted by Gasteiger charge is 2.49. The molecule has 5 nitrogen and oxygen atoms in total. The molecular formula is C15H17NO4. The number of piperidine rings is 1. The Hall–Kier alpha value is -1.75. The molecule has 1 aromatic rings. The number of hydrogen-bond donors (Lipinski definition) is 0. The van der Waals surface area contributed by atoms with E-state index >= 15 is 0 Å². The van der Waals surface area contributed by atoms with Gasteiger partial charge in [0.25, 0.3) is 0 Å². The molecule has 1 aromatic carbocycles. The normalized spacial score (nSPS) is 23.6. The van der Waals surface area contributed by atoms with Crippen LogP contribution in [0.15, 0.2) is 12.1 Å². The van der Waals surface area contributed by atoms with E-state index in [1.165, 1.54) is 0 Å². The zero-order valence-electron chi connectivity index (χ0n) is 11.5. The zero-order valence-corrected chi connectivity index (χ0v) is 11.5. The topological polar surface area (TPSA) is 48.0 Å². The molecule has 0 unspecified atom stereocenters. The predicted octanol–water partition coefficient (Wildman–Crippen LogP) is 1.55. The van der Waals surface area contributed by atoms with Crippen LogP contribution in [-0.2, 0) is 10.3 Å². The number of ether oxygens (including phenoxy) is 3. The van der Waals surface area contributed by atoms with Crippen LogP contribution >= 0.6 is 0 Å². The van der Waals surface area contributed by atoms with Gasteiger partial charge in [-0.25, -0.2) is 4.79 Å². The highest BCUT2D eigenvalue weighted by atomic mass is 16.6. The third-order valence-electron chi connectivity index (χ3n) is 4.49. The average molecular weight is 275 g/mol. The molecule has 0 aromatic heterocycles. The SMILES string of the molecule is CN1CCC2(CC1)OC(=O)c1c2ccc2c1OCCO2. The van der Waals surface area contributed by atoms with Crippen LogP contribution in [0.5, 0.6) is 11.5 Å². The van der Waals surface area contributed by atoms with Crippen molar-refractivity contribution in [3.8, 4) is 11.5 Å². The molecule has 106 valence electrons. The molecule has 1 saturated heterocycles. The molecule has 3 aliphatic heterocycles. The molecule has 0 saturated carbocycles. The number of benzene rings is 1. The molecule has 3 aliphatic rings. The van der Waals surface area contributed by atoms with Crippen molar-refractivity contribution in [3.63, 3.8) is 0 Å². The van der Waals surface area contributed by atoms with Gasteiger partial charge in [-0.2, -0.15) is 0 Å². The molecule has 0 atom stereocenters. The number of likely N-dealkylation sites (tertiary alicyclic amines) is 1. The monoisotopic (exact) mass is 275 g/mol. The first-order chi connectivity index (χ1) is 9.70. The first-order valence-electron chi connectivity index (χ1n) is 7.05. The van der Waals surface area contributed by atoms with Gasteiger partial charge in [0, 0.05) is 31.5 Å².